The molecule has 0 spiro atoms. The molecule has 0 saturated heterocycles. The zero-order chi connectivity index (χ0) is 25.2. The molecule has 2 aliphatic rings. The normalized spacial score (nSPS) is 13.4. The molecular formula is C34H17NO3S. The predicted molar refractivity (Wildman–Crippen MR) is 156 cm³/mol. The first-order chi connectivity index (χ1) is 19.3. The Kier molecular flexibility index (Phi) is 3.59. The summed E-state index contributed by atoms with van der Waals surface area (Å²) in [7, 11) is 0. The Morgan fingerprint density at radius 1 is 0.538 bits per heavy atom. The Morgan fingerprint density at radius 3 is 2.10 bits per heavy atom. The van der Waals surface area contributed by atoms with Crippen LogP contribution in [0.5, 0.6) is 23.0 Å². The second kappa shape index (κ2) is 6.95. The van der Waals surface area contributed by atoms with Crippen LogP contribution in [-0.4, -0.2) is 4.57 Å². The SMILES string of the molecule is c1ccc2c(c1)Oc1cc3c4c5c(cc6c4n(c3cc1O2)-c1cc2ccccc2cc1S6)oc1ccccc15. The Morgan fingerprint density at radius 2 is 1.26 bits per heavy atom. The van der Waals surface area contributed by atoms with Crippen LogP contribution >= 0.6 is 11.8 Å². The largest absolute Gasteiger partial charge is 0.456 e. The van der Waals surface area contributed by atoms with E-state index in [4.69, 9.17) is 13.9 Å². The number of fused-ring (bicyclic) bond motifs is 12. The van der Waals surface area contributed by atoms with Crippen LogP contribution in [0.15, 0.2) is 117 Å². The van der Waals surface area contributed by atoms with E-state index in [1.54, 1.807) is 0 Å². The van der Waals surface area contributed by atoms with Gasteiger partial charge in [-0.05, 0) is 53.2 Å². The first-order valence-electron chi connectivity index (χ1n) is 12.9. The molecule has 0 aliphatic carbocycles. The lowest BCUT2D eigenvalue weighted by molar-refractivity contribution is 0.360. The van der Waals surface area contributed by atoms with E-state index in [0.717, 1.165) is 55.8 Å². The molecule has 2 aliphatic heterocycles. The smallest absolute Gasteiger partial charge is 0.172 e. The molecule has 0 amide bonds. The molecular weight excluding hydrogens is 502 g/mol. The van der Waals surface area contributed by atoms with Crippen molar-refractivity contribution in [1.82, 2.24) is 4.57 Å². The maximum atomic E-state index is 6.42. The van der Waals surface area contributed by atoms with Gasteiger partial charge in [0.25, 0.3) is 0 Å². The second-order valence-corrected chi connectivity index (χ2v) is 11.2. The lowest BCUT2D eigenvalue weighted by Gasteiger charge is -2.22. The minimum Gasteiger partial charge on any atom is -0.456 e. The molecule has 0 unspecified atom stereocenters. The summed E-state index contributed by atoms with van der Waals surface area (Å²) in [5.41, 5.74) is 5.25. The van der Waals surface area contributed by atoms with E-state index in [0.29, 0.717) is 0 Å². The molecule has 8 aromatic rings. The van der Waals surface area contributed by atoms with E-state index in [1.165, 1.54) is 37.2 Å². The standard InChI is InChI=1S/C34H17NO3S/c1-2-8-19-14-30-23(13-18(19)7-1)35-22-16-28-27(37-25-11-5-6-12-26(25)38-28)15-21(22)33-32-20-9-3-4-10-24(20)36-29(32)17-31(39-30)34(33)35/h1-17H. The van der Waals surface area contributed by atoms with E-state index in [-0.39, 0.29) is 0 Å². The summed E-state index contributed by atoms with van der Waals surface area (Å²) in [6.45, 7) is 0. The highest BCUT2D eigenvalue weighted by Crippen LogP contribution is 2.54. The van der Waals surface area contributed by atoms with E-state index >= 15 is 0 Å². The molecule has 0 atom stereocenters. The highest BCUT2D eigenvalue weighted by molar-refractivity contribution is 7.99. The lowest BCUT2D eigenvalue weighted by Crippen LogP contribution is -2.03. The van der Waals surface area contributed by atoms with Crippen molar-refractivity contribution in [3.8, 4) is 28.7 Å². The molecule has 0 radical (unpaired) electrons. The van der Waals surface area contributed by atoms with Crippen molar-refractivity contribution in [1.29, 1.82) is 0 Å². The van der Waals surface area contributed by atoms with Crippen LogP contribution in [0.1, 0.15) is 0 Å². The molecule has 0 fully saturated rings. The van der Waals surface area contributed by atoms with Crippen molar-refractivity contribution in [3.63, 3.8) is 0 Å². The van der Waals surface area contributed by atoms with Gasteiger partial charge in [0.05, 0.1) is 16.7 Å². The minimum absolute atomic E-state index is 0.718. The van der Waals surface area contributed by atoms with Crippen molar-refractivity contribution in [2.75, 3.05) is 0 Å². The van der Waals surface area contributed by atoms with Gasteiger partial charge in [-0.15, -0.1) is 0 Å². The molecule has 4 nitrogen and oxygen atoms in total. The summed E-state index contributed by atoms with van der Waals surface area (Å²) in [6, 6.07) is 35.8. The van der Waals surface area contributed by atoms with Crippen LogP contribution < -0.4 is 9.47 Å². The van der Waals surface area contributed by atoms with Gasteiger partial charge in [0.1, 0.15) is 11.2 Å². The van der Waals surface area contributed by atoms with E-state index in [1.807, 2.05) is 48.2 Å². The van der Waals surface area contributed by atoms with Crippen molar-refractivity contribution >= 4 is 66.3 Å². The molecule has 0 N–H and O–H groups in total. The van der Waals surface area contributed by atoms with Crippen LogP contribution in [0.4, 0.5) is 0 Å². The van der Waals surface area contributed by atoms with Gasteiger partial charge in [-0.3, -0.25) is 0 Å². The van der Waals surface area contributed by atoms with E-state index < -0.39 is 0 Å². The van der Waals surface area contributed by atoms with Gasteiger partial charge < -0.3 is 18.5 Å². The molecule has 0 bridgehead atoms. The molecule has 0 saturated carbocycles. The highest BCUT2D eigenvalue weighted by atomic mass is 32.2. The van der Waals surface area contributed by atoms with Crippen LogP contribution in [-0.2, 0) is 0 Å². The predicted octanol–water partition coefficient (Wildman–Crippen LogP) is 10.2. The third kappa shape index (κ3) is 2.55. The number of rotatable bonds is 0. The van der Waals surface area contributed by atoms with E-state index in [9.17, 15) is 0 Å². The minimum atomic E-state index is 0.718. The van der Waals surface area contributed by atoms with Crippen molar-refractivity contribution in [2.24, 2.45) is 0 Å². The maximum absolute atomic E-state index is 6.42. The van der Waals surface area contributed by atoms with Crippen LogP contribution in [0.3, 0.4) is 0 Å². The summed E-state index contributed by atoms with van der Waals surface area (Å²) in [5.74, 6) is 2.89. The molecule has 182 valence electrons. The molecule has 5 heteroatoms. The Hall–Kier alpha value is -4.87. The van der Waals surface area contributed by atoms with Crippen molar-refractivity contribution < 1.29 is 13.9 Å². The first kappa shape index (κ1) is 20.1. The van der Waals surface area contributed by atoms with Crippen molar-refractivity contribution in [3.05, 3.63) is 103 Å². The number of para-hydroxylation sites is 3. The fourth-order valence-corrected chi connectivity index (χ4v) is 7.45. The zero-order valence-corrected chi connectivity index (χ0v) is 21.2. The number of aromatic nitrogens is 1. The average Bonchev–Trinajstić information content (AvgIpc) is 3.50. The third-order valence-electron chi connectivity index (χ3n) is 7.98. The van der Waals surface area contributed by atoms with E-state index in [2.05, 4.69) is 71.3 Å². The molecule has 10 rings (SSSR count). The first-order valence-corrected chi connectivity index (χ1v) is 13.7. The maximum Gasteiger partial charge on any atom is 0.172 e. The highest BCUT2D eigenvalue weighted by Gasteiger charge is 2.29. The van der Waals surface area contributed by atoms with Gasteiger partial charge in [0.15, 0.2) is 23.0 Å². The molecule has 6 aromatic carbocycles. The summed E-state index contributed by atoms with van der Waals surface area (Å²) in [5, 5.41) is 7.00. The fraction of sp³-hybridized carbons (Fsp3) is 0. The summed E-state index contributed by atoms with van der Waals surface area (Å²) < 4.78 is 21.6. The third-order valence-corrected chi connectivity index (χ3v) is 9.06. The molecule has 2 aromatic heterocycles. The van der Waals surface area contributed by atoms with Crippen molar-refractivity contribution in [2.45, 2.75) is 9.79 Å². The lowest BCUT2D eigenvalue weighted by atomic mass is 10.0. The van der Waals surface area contributed by atoms with Gasteiger partial charge in [-0.1, -0.05) is 66.4 Å². The van der Waals surface area contributed by atoms with Gasteiger partial charge in [0, 0.05) is 37.4 Å². The number of hydrogen-bond acceptors (Lipinski definition) is 4. The van der Waals surface area contributed by atoms with Crippen LogP contribution in [0, 0.1) is 0 Å². The van der Waals surface area contributed by atoms with Crippen LogP contribution in [0.25, 0.3) is 60.2 Å². The van der Waals surface area contributed by atoms with Gasteiger partial charge in [-0.2, -0.15) is 0 Å². The van der Waals surface area contributed by atoms with Gasteiger partial charge in [-0.25, -0.2) is 0 Å². The number of furan rings is 1. The molecule has 4 heterocycles. The van der Waals surface area contributed by atoms with Gasteiger partial charge >= 0.3 is 0 Å². The Labute approximate surface area is 226 Å². The number of nitrogens with zero attached hydrogens (tertiary/aromatic N) is 1. The molecule has 39 heavy (non-hydrogen) atoms. The fourth-order valence-electron chi connectivity index (χ4n) is 6.32. The van der Waals surface area contributed by atoms with Crippen LogP contribution in [0.2, 0.25) is 0 Å². The summed E-state index contributed by atoms with van der Waals surface area (Å²) in [6.07, 6.45) is 0. The van der Waals surface area contributed by atoms with Gasteiger partial charge in [0.2, 0.25) is 0 Å². The number of ether oxygens (including phenoxy) is 2. The Balaban J connectivity index is 1.41. The summed E-state index contributed by atoms with van der Waals surface area (Å²) in [4.78, 5) is 2.40. The quantitative estimate of drug-likeness (QED) is 0.200. The topological polar surface area (TPSA) is 36.5 Å². The second-order valence-electron chi connectivity index (χ2n) is 10.1. The average molecular weight is 520 g/mol. The summed E-state index contributed by atoms with van der Waals surface area (Å²) >= 11 is 1.81. The Bertz CT molecular complexity index is 2380. The number of benzene rings is 6. The number of hydrogen-bond donors (Lipinski definition) is 0. The monoisotopic (exact) mass is 519 g/mol. The zero-order valence-electron chi connectivity index (χ0n) is 20.4.